The Hall–Kier alpha value is -0.620. The molecule has 15 heavy (non-hydrogen) atoms. The van der Waals surface area contributed by atoms with Crippen molar-refractivity contribution in [2.24, 2.45) is 16.1 Å². The minimum absolute atomic E-state index is 0.121. The lowest BCUT2D eigenvalue weighted by molar-refractivity contribution is 0.576. The number of hydrogen-bond donors (Lipinski definition) is 2. The normalized spacial score (nSPS) is 14.3. The molecule has 0 saturated heterocycles. The van der Waals surface area contributed by atoms with Gasteiger partial charge in [-0.2, -0.15) is 0 Å². The van der Waals surface area contributed by atoms with Gasteiger partial charge >= 0.3 is 0 Å². The molecule has 0 spiro atoms. The summed E-state index contributed by atoms with van der Waals surface area (Å²) in [5, 5.41) is 0. The first-order chi connectivity index (χ1) is 6.63. The second kappa shape index (κ2) is 5.46. The fraction of sp³-hybridized carbons (Fsp3) is 0.889. The molecule has 0 atom stereocenters. The van der Waals surface area contributed by atoms with Gasteiger partial charge in [0.15, 0.2) is 0 Å². The third-order valence-electron chi connectivity index (χ3n) is 1.75. The lowest BCUT2D eigenvalue weighted by Gasteiger charge is -2.17. The van der Waals surface area contributed by atoms with Crippen molar-refractivity contribution < 1.29 is 8.42 Å². The molecule has 0 aromatic rings. The Balaban J connectivity index is 3.81. The lowest BCUT2D eigenvalue weighted by atomic mass is 9.95. The summed E-state index contributed by atoms with van der Waals surface area (Å²) in [5.41, 5.74) is 5.61. The number of nitrogens with zero attached hydrogens (tertiary/aromatic N) is 1. The van der Waals surface area contributed by atoms with Gasteiger partial charge < -0.3 is 5.73 Å². The van der Waals surface area contributed by atoms with E-state index in [9.17, 15) is 8.42 Å². The highest BCUT2D eigenvalue weighted by Crippen LogP contribution is 2.12. The van der Waals surface area contributed by atoms with Gasteiger partial charge in [-0.3, -0.25) is 4.99 Å². The van der Waals surface area contributed by atoms with Crippen LogP contribution in [0.1, 0.15) is 27.2 Å². The number of rotatable bonds is 5. The third-order valence-corrected chi connectivity index (χ3v) is 2.48. The molecule has 0 amide bonds. The number of sulfonamides is 1. The van der Waals surface area contributed by atoms with Crippen molar-refractivity contribution in [3.63, 3.8) is 0 Å². The summed E-state index contributed by atoms with van der Waals surface area (Å²) in [6, 6.07) is 0. The van der Waals surface area contributed by atoms with Crippen molar-refractivity contribution in [2.75, 3.05) is 19.3 Å². The van der Waals surface area contributed by atoms with Crippen molar-refractivity contribution in [1.29, 1.82) is 0 Å². The second-order valence-electron chi connectivity index (χ2n) is 4.54. The highest BCUT2D eigenvalue weighted by atomic mass is 32.2. The first kappa shape index (κ1) is 14.4. The molecule has 0 heterocycles. The number of nitrogens with two attached hydrogens (primary N) is 1. The Bertz CT molecular complexity index is 315. The van der Waals surface area contributed by atoms with E-state index in [1.807, 2.05) is 20.8 Å². The third kappa shape index (κ3) is 8.38. The van der Waals surface area contributed by atoms with Crippen LogP contribution in [0.15, 0.2) is 4.99 Å². The van der Waals surface area contributed by atoms with Crippen LogP contribution >= 0.6 is 0 Å². The topological polar surface area (TPSA) is 84.5 Å². The van der Waals surface area contributed by atoms with Gasteiger partial charge in [-0.05, 0) is 6.42 Å². The van der Waals surface area contributed by atoms with E-state index >= 15 is 0 Å². The molecule has 6 heteroatoms. The summed E-state index contributed by atoms with van der Waals surface area (Å²) in [6.45, 7) is 6.91. The molecule has 5 nitrogen and oxygen atoms in total. The van der Waals surface area contributed by atoms with E-state index in [1.54, 1.807) is 0 Å². The van der Waals surface area contributed by atoms with Crippen molar-refractivity contribution in [3.8, 4) is 0 Å². The average molecular weight is 235 g/mol. The average Bonchev–Trinajstić information content (AvgIpc) is 1.99. The van der Waals surface area contributed by atoms with Gasteiger partial charge in [-0.25, -0.2) is 13.1 Å². The molecule has 0 aliphatic heterocycles. The van der Waals surface area contributed by atoms with Crippen molar-refractivity contribution >= 4 is 15.9 Å². The van der Waals surface area contributed by atoms with E-state index in [4.69, 9.17) is 5.73 Å². The predicted octanol–water partition coefficient (Wildman–Crippen LogP) is 0.329. The monoisotopic (exact) mass is 235 g/mol. The summed E-state index contributed by atoms with van der Waals surface area (Å²) in [6.07, 6.45) is 1.80. The van der Waals surface area contributed by atoms with E-state index in [-0.39, 0.29) is 5.41 Å². The quantitative estimate of drug-likeness (QED) is 0.409. The van der Waals surface area contributed by atoms with Crippen LogP contribution in [0.5, 0.6) is 0 Å². The van der Waals surface area contributed by atoms with Crippen LogP contribution < -0.4 is 10.5 Å². The van der Waals surface area contributed by atoms with Gasteiger partial charge in [0.25, 0.3) is 0 Å². The van der Waals surface area contributed by atoms with E-state index in [0.29, 0.717) is 25.3 Å². The molecule has 3 N–H and O–H groups in total. The zero-order valence-electron chi connectivity index (χ0n) is 9.87. The molecule has 0 fully saturated rings. The molecule has 0 aliphatic rings. The molecular formula is C9H21N3O2S. The van der Waals surface area contributed by atoms with Crippen LogP contribution in [0, 0.1) is 5.41 Å². The summed E-state index contributed by atoms with van der Waals surface area (Å²) in [4.78, 5) is 4.17. The molecular weight excluding hydrogens is 214 g/mol. The smallest absolute Gasteiger partial charge is 0.208 e. The van der Waals surface area contributed by atoms with Crippen molar-refractivity contribution in [2.45, 2.75) is 27.2 Å². The summed E-state index contributed by atoms with van der Waals surface area (Å²) in [5.74, 6) is 0.599. The molecule has 0 radical (unpaired) electrons. The van der Waals surface area contributed by atoms with E-state index in [1.165, 1.54) is 0 Å². The predicted molar refractivity (Wildman–Crippen MR) is 63.4 cm³/mol. The number of nitrogens with one attached hydrogen (secondary N) is 1. The maximum Gasteiger partial charge on any atom is 0.208 e. The van der Waals surface area contributed by atoms with Crippen molar-refractivity contribution in [1.82, 2.24) is 4.72 Å². The van der Waals surface area contributed by atoms with E-state index in [2.05, 4.69) is 9.71 Å². The highest BCUT2D eigenvalue weighted by molar-refractivity contribution is 7.88. The van der Waals surface area contributed by atoms with Crippen LogP contribution in [0.2, 0.25) is 0 Å². The number of amidine groups is 1. The van der Waals surface area contributed by atoms with Gasteiger partial charge in [0.1, 0.15) is 0 Å². The second-order valence-corrected chi connectivity index (χ2v) is 6.37. The van der Waals surface area contributed by atoms with Crippen LogP contribution in [0.25, 0.3) is 0 Å². The zero-order chi connectivity index (χ0) is 12.1. The molecule has 0 aromatic carbocycles. The van der Waals surface area contributed by atoms with Gasteiger partial charge in [-0.15, -0.1) is 0 Å². The fourth-order valence-electron chi connectivity index (χ4n) is 0.773. The standard InChI is InChI=1S/C9H21N3O2S/c1-9(2,3)8(10)11-6-5-7-12-15(4,13)14/h12H,5-7H2,1-4H3,(H2,10,11). The largest absolute Gasteiger partial charge is 0.387 e. The molecule has 0 unspecified atom stereocenters. The fourth-order valence-corrected chi connectivity index (χ4v) is 1.29. The van der Waals surface area contributed by atoms with E-state index < -0.39 is 10.0 Å². The zero-order valence-corrected chi connectivity index (χ0v) is 10.7. The Kier molecular flexibility index (Phi) is 5.23. The Morgan fingerprint density at radius 1 is 1.40 bits per heavy atom. The van der Waals surface area contributed by atoms with E-state index in [0.717, 1.165) is 6.26 Å². The summed E-state index contributed by atoms with van der Waals surface area (Å²) < 4.78 is 23.8. The first-order valence-corrected chi connectivity index (χ1v) is 6.77. The lowest BCUT2D eigenvalue weighted by Crippen LogP contribution is -2.29. The maximum atomic E-state index is 10.7. The SMILES string of the molecule is CC(C)(C)C(N)=NCCCNS(C)(=O)=O. The summed E-state index contributed by atoms with van der Waals surface area (Å²) in [7, 11) is -3.08. The molecule has 90 valence electrons. The van der Waals surface area contributed by atoms with Crippen LogP contribution in [0.4, 0.5) is 0 Å². The van der Waals surface area contributed by atoms with Gasteiger partial charge in [0, 0.05) is 18.5 Å². The molecule has 0 bridgehead atoms. The van der Waals surface area contributed by atoms with Gasteiger partial charge in [-0.1, -0.05) is 20.8 Å². The molecule has 0 rings (SSSR count). The minimum atomic E-state index is -3.08. The van der Waals surface area contributed by atoms with Crippen LogP contribution in [0.3, 0.4) is 0 Å². The summed E-state index contributed by atoms with van der Waals surface area (Å²) >= 11 is 0. The Morgan fingerprint density at radius 2 is 1.93 bits per heavy atom. The maximum absolute atomic E-state index is 10.7. The molecule has 0 saturated carbocycles. The van der Waals surface area contributed by atoms with Crippen LogP contribution in [-0.4, -0.2) is 33.6 Å². The minimum Gasteiger partial charge on any atom is -0.387 e. The Morgan fingerprint density at radius 3 is 2.33 bits per heavy atom. The molecule has 0 aromatic heterocycles. The first-order valence-electron chi connectivity index (χ1n) is 4.88. The van der Waals surface area contributed by atoms with Crippen molar-refractivity contribution in [3.05, 3.63) is 0 Å². The van der Waals surface area contributed by atoms with Gasteiger partial charge in [0.2, 0.25) is 10.0 Å². The Labute approximate surface area is 92.2 Å². The van der Waals surface area contributed by atoms with Crippen LogP contribution in [-0.2, 0) is 10.0 Å². The number of hydrogen-bond acceptors (Lipinski definition) is 3. The number of aliphatic imine (C=N–C) groups is 1. The van der Waals surface area contributed by atoms with Gasteiger partial charge in [0.05, 0.1) is 12.1 Å². The molecule has 0 aliphatic carbocycles. The highest BCUT2D eigenvalue weighted by Gasteiger charge is 2.14.